The molecule has 0 spiro atoms. The average Bonchev–Trinajstić information content (AvgIpc) is 4.05. The van der Waals surface area contributed by atoms with Crippen molar-refractivity contribution in [3.63, 3.8) is 0 Å². The Morgan fingerprint density at radius 2 is 1.20 bits per heavy atom. The molecule has 0 unspecified atom stereocenters. The van der Waals surface area contributed by atoms with Gasteiger partial charge >= 0.3 is 5.97 Å². The van der Waals surface area contributed by atoms with Crippen LogP contribution < -0.4 is 32.7 Å². The van der Waals surface area contributed by atoms with Crippen molar-refractivity contribution in [2.75, 3.05) is 32.8 Å². The highest BCUT2D eigenvalue weighted by Gasteiger charge is 2.48. The molecule has 1 aromatic carbocycles. The molecule has 3 aliphatic rings. The van der Waals surface area contributed by atoms with Gasteiger partial charge in [0.2, 0.25) is 47.3 Å². The van der Waals surface area contributed by atoms with E-state index in [1.807, 2.05) is 0 Å². The van der Waals surface area contributed by atoms with Gasteiger partial charge in [-0.3, -0.25) is 38.4 Å². The van der Waals surface area contributed by atoms with Crippen LogP contribution in [0.4, 0.5) is 0 Å². The van der Waals surface area contributed by atoms with Gasteiger partial charge in [0.25, 0.3) is 0 Å². The molecule has 0 saturated carbocycles. The number of aliphatic hydroxyl groups is 5. The minimum atomic E-state index is -1.86. The predicted molar refractivity (Wildman–Crippen MR) is 217 cm³/mol. The Bertz CT molecular complexity index is 2120. The maximum absolute atomic E-state index is 13.9. The van der Waals surface area contributed by atoms with Gasteiger partial charge in [0.05, 0.1) is 44.0 Å². The molecule has 25 nitrogen and oxygen atoms in total. The minimum Gasteiger partial charge on any atom is -0.480 e. The second-order valence-electron chi connectivity index (χ2n) is 16.2. The maximum atomic E-state index is 13.9. The number of amides is 8. The third kappa shape index (κ3) is 11.3. The summed E-state index contributed by atoms with van der Waals surface area (Å²) in [5.41, 5.74) is 12.3. The summed E-state index contributed by atoms with van der Waals surface area (Å²) in [5.74, 6) is -9.46. The van der Waals surface area contributed by atoms with E-state index in [9.17, 15) is 73.8 Å². The SMILES string of the molecule is C[C@H](N)C(=O)N1C[C@H](O)C[C@H]1C(=O)N1C[C@H](O)C[C@H]1C(=O)N[C@@H](CC(N)=O)C(=O)N[C@@H](CO)C(=O)N1C[C@H](O)C[C@H]1C(=O)N[C@@H](Cc1c[nH]c2ccccc12)C(=O)N[C@@H](CO)C(=O)O. The van der Waals surface area contributed by atoms with E-state index in [-0.39, 0.29) is 38.8 Å². The number of aromatic nitrogens is 1. The first-order valence-electron chi connectivity index (χ1n) is 20.4. The number of aliphatic carboxylic acids is 1. The van der Waals surface area contributed by atoms with Crippen molar-refractivity contribution in [2.45, 2.75) is 106 Å². The van der Waals surface area contributed by atoms with Crippen LogP contribution in [0.2, 0.25) is 0 Å². The first-order chi connectivity index (χ1) is 30.2. The number of aromatic amines is 1. The first kappa shape index (κ1) is 48.8. The number of nitrogens with two attached hydrogens (primary N) is 2. The van der Waals surface area contributed by atoms with Crippen LogP contribution in [0.25, 0.3) is 10.9 Å². The molecule has 25 heteroatoms. The molecular formula is C39H54N10O15. The van der Waals surface area contributed by atoms with Gasteiger partial charge in [-0.15, -0.1) is 0 Å². The number of fused-ring (bicyclic) bond motifs is 1. The Morgan fingerprint density at radius 1 is 0.703 bits per heavy atom. The molecule has 2 aromatic rings. The van der Waals surface area contributed by atoms with Crippen LogP contribution in [0.5, 0.6) is 0 Å². The molecule has 4 heterocycles. The van der Waals surface area contributed by atoms with Gasteiger partial charge in [-0.2, -0.15) is 0 Å². The number of para-hydroxylation sites is 1. The normalized spacial score (nSPS) is 24.3. The maximum Gasteiger partial charge on any atom is 0.328 e. The van der Waals surface area contributed by atoms with E-state index in [0.29, 0.717) is 16.5 Å². The van der Waals surface area contributed by atoms with Crippen LogP contribution in [0.1, 0.15) is 38.2 Å². The number of carbonyl (C=O) groups excluding carboxylic acids is 8. The second-order valence-corrected chi connectivity index (χ2v) is 16.2. The lowest BCUT2D eigenvalue weighted by atomic mass is 10.0. The van der Waals surface area contributed by atoms with Crippen molar-refractivity contribution in [3.8, 4) is 0 Å². The first-order valence-corrected chi connectivity index (χ1v) is 20.4. The Hall–Kier alpha value is -6.25. The number of benzene rings is 1. The minimum absolute atomic E-state index is 0.184. The van der Waals surface area contributed by atoms with Crippen molar-refractivity contribution >= 4 is 64.1 Å². The molecule has 64 heavy (non-hydrogen) atoms. The zero-order valence-electron chi connectivity index (χ0n) is 34.7. The summed E-state index contributed by atoms with van der Waals surface area (Å²) >= 11 is 0. The van der Waals surface area contributed by atoms with E-state index in [0.717, 1.165) is 14.7 Å². The van der Waals surface area contributed by atoms with E-state index in [1.165, 1.54) is 6.92 Å². The number of H-pyrrole nitrogens is 1. The van der Waals surface area contributed by atoms with E-state index in [2.05, 4.69) is 26.3 Å². The van der Waals surface area contributed by atoms with Crippen LogP contribution in [0.15, 0.2) is 30.5 Å². The zero-order chi connectivity index (χ0) is 47.2. The summed E-state index contributed by atoms with van der Waals surface area (Å²) in [6.07, 6.45) is -4.00. The van der Waals surface area contributed by atoms with Crippen LogP contribution in [-0.4, -0.2) is 203 Å². The van der Waals surface area contributed by atoms with Crippen LogP contribution in [0.3, 0.4) is 0 Å². The Balaban J connectivity index is 1.30. The number of β-amino-alcohol motifs (C(OH)–C–C–N with tert-alkyl or cyclic N) is 3. The molecule has 3 aliphatic heterocycles. The molecule has 0 radical (unpaired) electrons. The third-order valence-corrected chi connectivity index (χ3v) is 11.3. The summed E-state index contributed by atoms with van der Waals surface area (Å²) in [6, 6.07) is -5.15. The number of primary amides is 1. The smallest absolute Gasteiger partial charge is 0.328 e. The summed E-state index contributed by atoms with van der Waals surface area (Å²) in [6.45, 7) is -1.76. The highest BCUT2D eigenvalue weighted by Crippen LogP contribution is 2.27. The van der Waals surface area contributed by atoms with E-state index in [1.54, 1.807) is 30.5 Å². The lowest BCUT2D eigenvalue weighted by Gasteiger charge is -2.32. The topological polar surface area (TPSA) is 401 Å². The quantitative estimate of drug-likeness (QED) is 0.0661. The number of likely N-dealkylation sites (tertiary alicyclic amines) is 3. The van der Waals surface area contributed by atoms with Crippen molar-refractivity contribution in [3.05, 3.63) is 36.0 Å². The average molecular weight is 903 g/mol. The summed E-state index contributed by atoms with van der Waals surface area (Å²) in [7, 11) is 0. The number of carboxylic acids is 1. The number of nitrogens with zero attached hydrogens (tertiary/aromatic N) is 3. The van der Waals surface area contributed by atoms with Crippen LogP contribution in [0, 0.1) is 0 Å². The Kier molecular flexibility index (Phi) is 16.0. The molecule has 15 N–H and O–H groups in total. The second kappa shape index (κ2) is 21.0. The monoisotopic (exact) mass is 902 g/mol. The van der Waals surface area contributed by atoms with E-state index in [4.69, 9.17) is 11.5 Å². The Morgan fingerprint density at radius 3 is 1.77 bits per heavy atom. The van der Waals surface area contributed by atoms with E-state index < -0.39 is 146 Å². The molecule has 350 valence electrons. The molecular weight excluding hydrogens is 848 g/mol. The fourth-order valence-electron chi connectivity index (χ4n) is 8.15. The van der Waals surface area contributed by atoms with Gasteiger partial charge in [-0.05, 0) is 18.6 Å². The number of hydrogen-bond acceptors (Lipinski definition) is 15. The lowest BCUT2D eigenvalue weighted by Crippen LogP contribution is -2.60. The summed E-state index contributed by atoms with van der Waals surface area (Å²) < 4.78 is 0. The number of hydrogen-bond donors (Lipinski definition) is 13. The standard InChI is InChI=1S/C39H54N10O15/c1-17(40)36(60)49-14-21(54)9-30(49)38(62)48-13-20(53)8-29(48)35(59)44-25(10-31(41)55)33(57)45-26(15-50)37(61)47-12-19(52)7-28(47)34(58)43-24(32(56)46-27(16-51)39(63)64)6-18-11-42-23-5-3-2-4-22(18)23/h2-5,11,17,19-21,24-30,42,50-54H,6-10,12-16,40H2,1H3,(H2,41,55)(H,43,58)(H,44,59)(H,45,57)(H,46,56)(H,63,64)/t17-,19+,20+,21+,24-,25-,26-,27-,28-,29-,30-/m0/s1. The molecule has 11 atom stereocenters. The molecule has 1 aromatic heterocycles. The van der Waals surface area contributed by atoms with Gasteiger partial charge in [-0.25, -0.2) is 4.79 Å². The van der Waals surface area contributed by atoms with Gasteiger partial charge < -0.3 is 83.1 Å². The molecule has 0 aliphatic carbocycles. The summed E-state index contributed by atoms with van der Waals surface area (Å²) in [4.78, 5) is 125. The van der Waals surface area contributed by atoms with E-state index >= 15 is 0 Å². The van der Waals surface area contributed by atoms with Crippen molar-refractivity contribution in [1.82, 2.24) is 41.0 Å². The van der Waals surface area contributed by atoms with Crippen molar-refractivity contribution in [2.24, 2.45) is 11.5 Å². The Labute approximate surface area is 364 Å². The summed E-state index contributed by atoms with van der Waals surface area (Å²) in [5, 5.41) is 70.5. The highest BCUT2D eigenvalue weighted by molar-refractivity contribution is 5.99. The van der Waals surface area contributed by atoms with Gasteiger partial charge in [0, 0.05) is 62.4 Å². The molecule has 8 amide bonds. The fourth-order valence-corrected chi connectivity index (χ4v) is 8.15. The predicted octanol–water partition coefficient (Wildman–Crippen LogP) is -7.17. The highest BCUT2D eigenvalue weighted by atomic mass is 16.4. The van der Waals surface area contributed by atoms with Crippen LogP contribution in [-0.2, 0) is 49.6 Å². The van der Waals surface area contributed by atoms with Crippen molar-refractivity contribution < 1.29 is 73.8 Å². The van der Waals surface area contributed by atoms with Crippen molar-refractivity contribution in [1.29, 1.82) is 0 Å². The van der Waals surface area contributed by atoms with Gasteiger partial charge in [-0.1, -0.05) is 18.2 Å². The third-order valence-electron chi connectivity index (χ3n) is 11.3. The number of carboxylic acid groups (broad SMARTS) is 1. The fraction of sp³-hybridized carbons (Fsp3) is 0.564. The van der Waals surface area contributed by atoms with Gasteiger partial charge in [0.1, 0.15) is 42.3 Å². The number of nitrogens with one attached hydrogen (secondary N) is 5. The number of aliphatic hydroxyl groups excluding tert-OH is 5. The lowest BCUT2D eigenvalue weighted by molar-refractivity contribution is -0.147. The zero-order valence-corrected chi connectivity index (χ0v) is 34.7. The molecule has 3 fully saturated rings. The van der Waals surface area contributed by atoms with Crippen LogP contribution >= 0.6 is 0 Å². The molecule has 5 rings (SSSR count). The largest absolute Gasteiger partial charge is 0.480 e. The number of carbonyl (C=O) groups is 9. The molecule has 0 bridgehead atoms. The number of rotatable bonds is 18. The van der Waals surface area contributed by atoms with Gasteiger partial charge in [0.15, 0.2) is 0 Å². The molecule has 3 saturated heterocycles.